The second kappa shape index (κ2) is 5.33. The van der Waals surface area contributed by atoms with Crippen LogP contribution in [0.25, 0.3) is 0 Å². The standard InChI is InChI=1S/C14H20N2O2S/c1-14(2,16-7-6-15-10-16)9-11-4-5-12(17)13(8-11)19(3)18/h4-5,8,10,17H,6-7,9H2,1-3H3. The van der Waals surface area contributed by atoms with E-state index < -0.39 is 10.8 Å². The first-order valence-corrected chi connectivity index (χ1v) is 7.88. The van der Waals surface area contributed by atoms with Gasteiger partial charge in [-0.15, -0.1) is 0 Å². The molecular weight excluding hydrogens is 260 g/mol. The van der Waals surface area contributed by atoms with Gasteiger partial charge < -0.3 is 10.0 Å². The maximum Gasteiger partial charge on any atom is 0.131 e. The molecule has 4 nitrogen and oxygen atoms in total. The van der Waals surface area contributed by atoms with Gasteiger partial charge in [0, 0.05) is 18.3 Å². The summed E-state index contributed by atoms with van der Waals surface area (Å²) in [5.41, 5.74) is 1.04. The first-order chi connectivity index (χ1) is 8.90. The number of aliphatic imine (C=N–C) groups is 1. The van der Waals surface area contributed by atoms with Gasteiger partial charge in [-0.1, -0.05) is 6.07 Å². The normalized spacial score (nSPS) is 16.9. The fourth-order valence-electron chi connectivity index (χ4n) is 2.34. The zero-order valence-electron chi connectivity index (χ0n) is 11.6. The third-order valence-electron chi connectivity index (χ3n) is 3.44. The van der Waals surface area contributed by atoms with Crippen LogP contribution in [0.4, 0.5) is 0 Å². The molecule has 0 amide bonds. The van der Waals surface area contributed by atoms with Gasteiger partial charge in [0.05, 0.1) is 28.6 Å². The zero-order valence-corrected chi connectivity index (χ0v) is 12.4. The number of hydrogen-bond acceptors (Lipinski definition) is 4. The molecule has 1 aromatic carbocycles. The lowest BCUT2D eigenvalue weighted by molar-refractivity contribution is 0.237. The molecule has 1 unspecified atom stereocenters. The topological polar surface area (TPSA) is 52.9 Å². The Morgan fingerprint density at radius 2 is 2.21 bits per heavy atom. The summed E-state index contributed by atoms with van der Waals surface area (Å²) in [5.74, 6) is 0.102. The molecule has 5 heteroatoms. The molecule has 1 aromatic rings. The van der Waals surface area contributed by atoms with Crippen LogP contribution in [0.15, 0.2) is 28.1 Å². The number of rotatable bonds is 4. The molecule has 0 aromatic heterocycles. The largest absolute Gasteiger partial charge is 0.507 e. The summed E-state index contributed by atoms with van der Waals surface area (Å²) < 4.78 is 11.6. The molecule has 1 aliphatic heterocycles. The molecule has 1 aliphatic rings. The molecule has 0 spiro atoms. The summed E-state index contributed by atoms with van der Waals surface area (Å²) in [6.45, 7) is 6.13. The maximum atomic E-state index is 11.6. The molecule has 1 N–H and O–H groups in total. The minimum Gasteiger partial charge on any atom is -0.507 e. The number of hydrogen-bond donors (Lipinski definition) is 1. The molecule has 0 radical (unpaired) electrons. The van der Waals surface area contributed by atoms with Crippen molar-refractivity contribution >= 4 is 17.1 Å². The summed E-state index contributed by atoms with van der Waals surface area (Å²) in [6.07, 6.45) is 4.31. The average Bonchev–Trinajstić information content (AvgIpc) is 2.85. The number of benzene rings is 1. The molecule has 104 valence electrons. The van der Waals surface area contributed by atoms with Gasteiger partial charge in [-0.3, -0.25) is 9.20 Å². The van der Waals surface area contributed by atoms with E-state index in [1.165, 1.54) is 0 Å². The monoisotopic (exact) mass is 280 g/mol. The summed E-state index contributed by atoms with van der Waals surface area (Å²) >= 11 is 0. The van der Waals surface area contributed by atoms with Crippen molar-refractivity contribution in [2.75, 3.05) is 19.3 Å². The van der Waals surface area contributed by atoms with Crippen molar-refractivity contribution in [3.63, 3.8) is 0 Å². The van der Waals surface area contributed by atoms with Gasteiger partial charge in [-0.2, -0.15) is 0 Å². The smallest absolute Gasteiger partial charge is 0.131 e. The number of aromatic hydroxyl groups is 1. The first-order valence-electron chi connectivity index (χ1n) is 6.32. The molecule has 0 saturated carbocycles. The third-order valence-corrected chi connectivity index (χ3v) is 4.39. The van der Waals surface area contributed by atoms with Gasteiger partial charge >= 0.3 is 0 Å². The molecule has 1 atom stereocenters. The third kappa shape index (κ3) is 3.15. The Hall–Kier alpha value is -1.36. The predicted molar refractivity (Wildman–Crippen MR) is 78.3 cm³/mol. The van der Waals surface area contributed by atoms with Gasteiger partial charge in [0.2, 0.25) is 0 Å². The van der Waals surface area contributed by atoms with Gasteiger partial charge in [-0.05, 0) is 38.0 Å². The minimum atomic E-state index is -1.17. The number of nitrogens with zero attached hydrogens (tertiary/aromatic N) is 2. The highest BCUT2D eigenvalue weighted by molar-refractivity contribution is 7.84. The van der Waals surface area contributed by atoms with Crippen LogP contribution in [-0.4, -0.2) is 45.4 Å². The Labute approximate surface area is 116 Å². The van der Waals surface area contributed by atoms with Crippen molar-refractivity contribution in [1.82, 2.24) is 4.90 Å². The van der Waals surface area contributed by atoms with Gasteiger partial charge in [0.15, 0.2) is 0 Å². The average molecular weight is 280 g/mol. The fraction of sp³-hybridized carbons (Fsp3) is 0.500. The van der Waals surface area contributed by atoms with E-state index in [9.17, 15) is 9.32 Å². The fourth-order valence-corrected chi connectivity index (χ4v) is 3.02. The molecular formula is C14H20N2O2S. The van der Waals surface area contributed by atoms with Crippen molar-refractivity contribution < 1.29 is 9.32 Å². The van der Waals surface area contributed by atoms with Crippen LogP contribution < -0.4 is 0 Å². The van der Waals surface area contributed by atoms with Crippen LogP contribution in [-0.2, 0) is 17.2 Å². The SMILES string of the molecule is CS(=O)c1cc(CC(C)(C)N2C=NCC2)ccc1O. The Bertz CT molecular complexity index is 526. The molecule has 0 aliphatic carbocycles. The second-order valence-corrected chi connectivity index (χ2v) is 6.81. The van der Waals surface area contributed by atoms with Crippen LogP contribution in [0.3, 0.4) is 0 Å². The van der Waals surface area contributed by atoms with Crippen molar-refractivity contribution in [2.45, 2.75) is 30.7 Å². The quantitative estimate of drug-likeness (QED) is 0.915. The minimum absolute atomic E-state index is 0.0382. The van der Waals surface area contributed by atoms with E-state index >= 15 is 0 Å². The number of phenols is 1. The molecule has 0 bridgehead atoms. The van der Waals surface area contributed by atoms with E-state index in [-0.39, 0.29) is 11.3 Å². The van der Waals surface area contributed by atoms with Gasteiger partial charge in [-0.25, -0.2) is 0 Å². The van der Waals surface area contributed by atoms with E-state index in [4.69, 9.17) is 0 Å². The molecule has 0 fully saturated rings. The van der Waals surface area contributed by atoms with Gasteiger partial charge in [0.25, 0.3) is 0 Å². The van der Waals surface area contributed by atoms with E-state index in [0.717, 1.165) is 25.1 Å². The van der Waals surface area contributed by atoms with Crippen LogP contribution >= 0.6 is 0 Å². The summed E-state index contributed by atoms with van der Waals surface area (Å²) in [6, 6.07) is 5.35. The lowest BCUT2D eigenvalue weighted by atomic mass is 9.93. The van der Waals surface area contributed by atoms with Crippen molar-refractivity contribution in [2.24, 2.45) is 4.99 Å². The Kier molecular flexibility index (Phi) is 3.94. The Morgan fingerprint density at radius 1 is 1.47 bits per heavy atom. The van der Waals surface area contributed by atoms with Crippen molar-refractivity contribution in [1.29, 1.82) is 0 Å². The predicted octanol–water partition coefficient (Wildman–Crippen LogP) is 1.79. The van der Waals surface area contributed by atoms with Crippen LogP contribution in [0.5, 0.6) is 5.75 Å². The van der Waals surface area contributed by atoms with Crippen LogP contribution in [0.1, 0.15) is 19.4 Å². The molecule has 0 saturated heterocycles. The van der Waals surface area contributed by atoms with E-state index in [0.29, 0.717) is 4.90 Å². The summed E-state index contributed by atoms with van der Waals surface area (Å²) in [4.78, 5) is 6.97. The molecule has 1 heterocycles. The van der Waals surface area contributed by atoms with Crippen molar-refractivity contribution in [3.8, 4) is 5.75 Å². The van der Waals surface area contributed by atoms with Gasteiger partial charge in [0.1, 0.15) is 5.75 Å². The highest BCUT2D eigenvalue weighted by Gasteiger charge is 2.27. The van der Waals surface area contributed by atoms with Crippen LogP contribution in [0, 0.1) is 0 Å². The summed E-state index contributed by atoms with van der Waals surface area (Å²) in [7, 11) is -1.17. The van der Waals surface area contributed by atoms with E-state index in [2.05, 4.69) is 23.7 Å². The Morgan fingerprint density at radius 3 is 2.79 bits per heavy atom. The van der Waals surface area contributed by atoms with E-state index in [1.54, 1.807) is 12.3 Å². The first kappa shape index (κ1) is 14.1. The number of phenolic OH excluding ortho intramolecular Hbond substituents is 1. The van der Waals surface area contributed by atoms with E-state index in [1.807, 2.05) is 18.5 Å². The zero-order chi connectivity index (χ0) is 14.0. The second-order valence-electron chi connectivity index (χ2n) is 5.46. The lowest BCUT2D eigenvalue weighted by Gasteiger charge is -2.35. The summed E-state index contributed by atoms with van der Waals surface area (Å²) in [5, 5.41) is 9.69. The van der Waals surface area contributed by atoms with Crippen LogP contribution in [0.2, 0.25) is 0 Å². The van der Waals surface area contributed by atoms with Crippen molar-refractivity contribution in [3.05, 3.63) is 23.8 Å². The molecule has 19 heavy (non-hydrogen) atoms. The maximum absolute atomic E-state index is 11.6. The molecule has 2 rings (SSSR count). The Balaban J connectivity index is 2.21. The highest BCUT2D eigenvalue weighted by atomic mass is 32.2. The lowest BCUT2D eigenvalue weighted by Crippen LogP contribution is -2.43. The highest BCUT2D eigenvalue weighted by Crippen LogP contribution is 2.26.